The van der Waals surface area contributed by atoms with E-state index in [4.69, 9.17) is 23.7 Å². The molecule has 0 unspecified atom stereocenters. The molecule has 1 aromatic heterocycles. The first-order chi connectivity index (χ1) is 9.63. The number of carbonyl (C=O) groups is 1. The van der Waals surface area contributed by atoms with Crippen molar-refractivity contribution in [3.8, 4) is 28.6 Å². The first-order valence-electron chi connectivity index (χ1n) is 5.60. The molecule has 0 saturated heterocycles. The second-order valence-electron chi connectivity index (χ2n) is 3.72. The number of oxazole rings is 1. The number of carboxylic acids is 1. The first-order valence-corrected chi connectivity index (χ1v) is 5.60. The van der Waals surface area contributed by atoms with Gasteiger partial charge in [-0.2, -0.15) is 0 Å². The Hall–Kier alpha value is -2.70. The summed E-state index contributed by atoms with van der Waals surface area (Å²) < 4.78 is 20.8. The van der Waals surface area contributed by atoms with Crippen LogP contribution in [0.5, 0.6) is 17.2 Å². The molecule has 0 atom stereocenters. The Morgan fingerprint density at radius 2 is 1.85 bits per heavy atom. The van der Waals surface area contributed by atoms with Gasteiger partial charge in [0.05, 0.1) is 26.9 Å². The third-order valence-corrected chi connectivity index (χ3v) is 2.72. The lowest BCUT2D eigenvalue weighted by Gasteiger charge is -2.14. The predicted molar refractivity (Wildman–Crippen MR) is 68.6 cm³/mol. The van der Waals surface area contributed by atoms with E-state index in [0.717, 1.165) is 6.39 Å². The fourth-order valence-corrected chi connectivity index (χ4v) is 1.87. The summed E-state index contributed by atoms with van der Waals surface area (Å²) >= 11 is 0. The average molecular weight is 279 g/mol. The molecule has 0 fully saturated rings. The van der Waals surface area contributed by atoms with Crippen LogP contribution in [0.1, 0.15) is 10.5 Å². The van der Waals surface area contributed by atoms with Gasteiger partial charge >= 0.3 is 5.97 Å². The van der Waals surface area contributed by atoms with Gasteiger partial charge in [0.15, 0.2) is 29.3 Å². The van der Waals surface area contributed by atoms with Crippen LogP contribution in [0.15, 0.2) is 22.9 Å². The maximum absolute atomic E-state index is 11.1. The lowest BCUT2D eigenvalue weighted by molar-refractivity contribution is 0.0691. The molecular weight excluding hydrogens is 266 g/mol. The highest BCUT2D eigenvalue weighted by atomic mass is 16.5. The van der Waals surface area contributed by atoms with Gasteiger partial charge in [0.25, 0.3) is 0 Å². The SMILES string of the molecule is COc1ccc(-c2ocnc2C(=O)O)c(OC)c1OC. The molecule has 0 aliphatic rings. The number of hydrogen-bond acceptors (Lipinski definition) is 6. The van der Waals surface area contributed by atoms with Gasteiger partial charge in [-0.05, 0) is 12.1 Å². The van der Waals surface area contributed by atoms with Crippen molar-refractivity contribution in [3.63, 3.8) is 0 Å². The molecule has 7 heteroatoms. The molecule has 0 saturated carbocycles. The van der Waals surface area contributed by atoms with Crippen LogP contribution >= 0.6 is 0 Å². The van der Waals surface area contributed by atoms with Gasteiger partial charge < -0.3 is 23.7 Å². The lowest BCUT2D eigenvalue weighted by Crippen LogP contribution is -2.01. The highest BCUT2D eigenvalue weighted by Crippen LogP contribution is 2.44. The Morgan fingerprint density at radius 1 is 1.15 bits per heavy atom. The maximum atomic E-state index is 11.1. The Kier molecular flexibility index (Phi) is 3.79. The monoisotopic (exact) mass is 279 g/mol. The number of carboxylic acid groups (broad SMARTS) is 1. The number of nitrogens with zero attached hydrogens (tertiary/aromatic N) is 1. The van der Waals surface area contributed by atoms with Gasteiger partial charge in [0.1, 0.15) is 0 Å². The zero-order chi connectivity index (χ0) is 14.7. The molecular formula is C13H13NO6. The van der Waals surface area contributed by atoms with E-state index in [-0.39, 0.29) is 11.5 Å². The van der Waals surface area contributed by atoms with Crippen LogP contribution < -0.4 is 14.2 Å². The van der Waals surface area contributed by atoms with E-state index in [1.54, 1.807) is 12.1 Å². The van der Waals surface area contributed by atoms with Gasteiger partial charge in [0, 0.05) is 0 Å². The van der Waals surface area contributed by atoms with E-state index >= 15 is 0 Å². The topological polar surface area (TPSA) is 91.0 Å². The smallest absolute Gasteiger partial charge is 0.358 e. The molecule has 0 radical (unpaired) electrons. The molecule has 2 aromatic rings. The summed E-state index contributed by atoms with van der Waals surface area (Å²) in [6.45, 7) is 0. The van der Waals surface area contributed by atoms with Crippen molar-refractivity contribution in [2.45, 2.75) is 0 Å². The van der Waals surface area contributed by atoms with Crippen molar-refractivity contribution in [2.75, 3.05) is 21.3 Å². The molecule has 106 valence electrons. The molecule has 0 bridgehead atoms. The summed E-state index contributed by atoms with van der Waals surface area (Å²) in [6.07, 6.45) is 1.06. The molecule has 2 rings (SSSR count). The third kappa shape index (κ3) is 2.13. The van der Waals surface area contributed by atoms with Gasteiger partial charge in [0.2, 0.25) is 5.75 Å². The van der Waals surface area contributed by atoms with Crippen molar-refractivity contribution in [1.29, 1.82) is 0 Å². The van der Waals surface area contributed by atoms with E-state index in [1.165, 1.54) is 21.3 Å². The largest absolute Gasteiger partial charge is 0.493 e. The minimum atomic E-state index is -1.19. The summed E-state index contributed by atoms with van der Waals surface area (Å²) in [4.78, 5) is 14.8. The van der Waals surface area contributed by atoms with E-state index in [9.17, 15) is 4.79 Å². The number of hydrogen-bond donors (Lipinski definition) is 1. The van der Waals surface area contributed by atoms with Crippen molar-refractivity contribution < 1.29 is 28.5 Å². The molecule has 1 aromatic carbocycles. The van der Waals surface area contributed by atoms with Gasteiger partial charge in [-0.1, -0.05) is 0 Å². The normalized spacial score (nSPS) is 10.2. The van der Waals surface area contributed by atoms with E-state index < -0.39 is 5.97 Å². The predicted octanol–water partition coefficient (Wildman–Crippen LogP) is 2.07. The standard InChI is InChI=1S/C13H13NO6/c1-17-8-5-4-7(11(18-2)12(8)19-3)10-9(13(15)16)14-6-20-10/h4-6H,1-3H3,(H,15,16). The Labute approximate surface area is 114 Å². The second kappa shape index (κ2) is 5.52. The highest BCUT2D eigenvalue weighted by molar-refractivity contribution is 5.93. The highest BCUT2D eigenvalue weighted by Gasteiger charge is 2.24. The molecule has 0 aliphatic carbocycles. The first kappa shape index (κ1) is 13.7. The van der Waals surface area contributed by atoms with Crippen LogP contribution in [0.4, 0.5) is 0 Å². The number of benzene rings is 1. The Morgan fingerprint density at radius 3 is 2.40 bits per heavy atom. The van der Waals surface area contributed by atoms with Crippen LogP contribution in [0.2, 0.25) is 0 Å². The van der Waals surface area contributed by atoms with Gasteiger partial charge in [-0.15, -0.1) is 0 Å². The van der Waals surface area contributed by atoms with E-state index in [1.807, 2.05) is 0 Å². The van der Waals surface area contributed by atoms with Crippen LogP contribution in [-0.4, -0.2) is 37.4 Å². The maximum Gasteiger partial charge on any atom is 0.358 e. The summed E-state index contributed by atoms with van der Waals surface area (Å²) in [5.41, 5.74) is 0.218. The minimum Gasteiger partial charge on any atom is -0.493 e. The molecule has 7 nitrogen and oxygen atoms in total. The van der Waals surface area contributed by atoms with Crippen LogP contribution in [-0.2, 0) is 0 Å². The third-order valence-electron chi connectivity index (χ3n) is 2.72. The van der Waals surface area contributed by atoms with E-state index in [0.29, 0.717) is 22.8 Å². The van der Waals surface area contributed by atoms with E-state index in [2.05, 4.69) is 4.98 Å². The Balaban J connectivity index is 2.68. The summed E-state index contributed by atoms with van der Waals surface area (Å²) in [5.74, 6) is 0.0247. The number of methoxy groups -OCH3 is 3. The number of aromatic carboxylic acids is 1. The van der Waals surface area contributed by atoms with Gasteiger partial charge in [-0.25, -0.2) is 9.78 Å². The average Bonchev–Trinajstić information content (AvgIpc) is 2.94. The summed E-state index contributed by atoms with van der Waals surface area (Å²) in [7, 11) is 4.40. The van der Waals surface area contributed by atoms with Crippen LogP contribution in [0, 0.1) is 0 Å². The van der Waals surface area contributed by atoms with Gasteiger partial charge in [-0.3, -0.25) is 0 Å². The molecule has 1 heterocycles. The zero-order valence-corrected chi connectivity index (χ0v) is 11.2. The molecule has 20 heavy (non-hydrogen) atoms. The van der Waals surface area contributed by atoms with Crippen molar-refractivity contribution >= 4 is 5.97 Å². The quantitative estimate of drug-likeness (QED) is 0.895. The summed E-state index contributed by atoms with van der Waals surface area (Å²) in [5, 5.41) is 9.09. The fourth-order valence-electron chi connectivity index (χ4n) is 1.87. The number of aromatic nitrogens is 1. The molecule has 1 N–H and O–H groups in total. The number of ether oxygens (including phenoxy) is 3. The molecule has 0 aliphatic heterocycles. The Bertz CT molecular complexity index is 634. The zero-order valence-electron chi connectivity index (χ0n) is 11.2. The van der Waals surface area contributed by atoms with Crippen LogP contribution in [0.25, 0.3) is 11.3 Å². The van der Waals surface area contributed by atoms with Crippen molar-refractivity contribution in [3.05, 3.63) is 24.2 Å². The second-order valence-corrected chi connectivity index (χ2v) is 3.72. The molecule has 0 amide bonds. The lowest BCUT2D eigenvalue weighted by atomic mass is 10.1. The van der Waals surface area contributed by atoms with Crippen LogP contribution in [0.3, 0.4) is 0 Å². The van der Waals surface area contributed by atoms with Crippen molar-refractivity contribution in [2.24, 2.45) is 0 Å². The molecule has 0 spiro atoms. The summed E-state index contributed by atoms with van der Waals surface area (Å²) in [6, 6.07) is 3.25. The minimum absolute atomic E-state index is 0.0929. The number of rotatable bonds is 5. The fraction of sp³-hybridized carbons (Fsp3) is 0.231. The van der Waals surface area contributed by atoms with Crippen molar-refractivity contribution in [1.82, 2.24) is 4.98 Å².